The van der Waals surface area contributed by atoms with Crippen LogP contribution >= 0.6 is 0 Å². The summed E-state index contributed by atoms with van der Waals surface area (Å²) in [4.78, 5) is 26.8. The number of carbonyl (C=O) groups is 2. The number of hydrogen-bond donors (Lipinski definition) is 2. The summed E-state index contributed by atoms with van der Waals surface area (Å²) in [7, 11) is 0. The molecule has 7 nitrogen and oxygen atoms in total. The first-order chi connectivity index (χ1) is 9.65. The van der Waals surface area contributed by atoms with Gasteiger partial charge in [-0.1, -0.05) is 12.8 Å². The molecule has 2 N–H and O–H groups in total. The maximum Gasteiger partial charge on any atom is 0.328 e. The quantitative estimate of drug-likeness (QED) is 0.753. The van der Waals surface area contributed by atoms with Gasteiger partial charge in [0.1, 0.15) is 0 Å². The average molecular weight is 286 g/mol. The van der Waals surface area contributed by atoms with Gasteiger partial charge in [0.25, 0.3) is 0 Å². The Hall–Kier alpha value is -1.34. The average Bonchev–Trinajstić information content (AvgIpc) is 2.71. The van der Waals surface area contributed by atoms with Crippen LogP contribution in [0.4, 0.5) is 4.79 Å². The molecule has 2 saturated heterocycles. The van der Waals surface area contributed by atoms with Crippen molar-refractivity contribution in [1.82, 2.24) is 9.80 Å². The molecule has 0 aromatic carbocycles. The van der Waals surface area contributed by atoms with E-state index in [1.165, 1.54) is 4.90 Å². The molecule has 0 aliphatic carbocycles. The number of amides is 2. The lowest BCUT2D eigenvalue weighted by Gasteiger charge is -2.39. The fraction of sp³-hybridized carbons (Fsp3) is 0.846. The Morgan fingerprint density at radius 2 is 1.95 bits per heavy atom. The molecular weight excluding hydrogens is 264 g/mol. The third-order valence-corrected chi connectivity index (χ3v) is 3.99. The fourth-order valence-electron chi connectivity index (χ4n) is 2.82. The molecule has 2 aliphatic rings. The van der Waals surface area contributed by atoms with Crippen molar-refractivity contribution in [1.29, 1.82) is 0 Å². The van der Waals surface area contributed by atoms with Crippen LogP contribution in [0.2, 0.25) is 0 Å². The molecule has 0 bridgehead atoms. The third-order valence-electron chi connectivity index (χ3n) is 3.99. The number of aliphatic hydroxyl groups is 1. The molecule has 2 fully saturated rings. The highest BCUT2D eigenvalue weighted by atomic mass is 16.5. The second kappa shape index (κ2) is 6.90. The van der Waals surface area contributed by atoms with E-state index in [0.717, 1.165) is 25.7 Å². The number of carboxylic acid groups (broad SMARTS) is 1. The molecule has 2 atom stereocenters. The highest BCUT2D eigenvalue weighted by molar-refractivity contribution is 5.83. The number of rotatable bonds is 2. The maximum atomic E-state index is 12.6. The molecule has 2 unspecified atom stereocenters. The molecule has 7 heteroatoms. The van der Waals surface area contributed by atoms with E-state index in [0.29, 0.717) is 13.2 Å². The van der Waals surface area contributed by atoms with Crippen molar-refractivity contribution >= 4 is 12.0 Å². The summed E-state index contributed by atoms with van der Waals surface area (Å²) in [6.45, 7) is 1.16. The summed E-state index contributed by atoms with van der Waals surface area (Å²) < 4.78 is 5.15. The molecule has 0 aromatic rings. The van der Waals surface area contributed by atoms with Crippen molar-refractivity contribution in [2.75, 3.05) is 32.9 Å². The zero-order valence-corrected chi connectivity index (χ0v) is 11.5. The first-order valence-electron chi connectivity index (χ1n) is 7.13. The Kier molecular flexibility index (Phi) is 5.19. The van der Waals surface area contributed by atoms with E-state index in [1.54, 1.807) is 4.90 Å². The SMILES string of the molecule is O=C(O)C1COCCN1C(=O)N1CCCCCC1CO. The van der Waals surface area contributed by atoms with Crippen molar-refractivity contribution in [3.63, 3.8) is 0 Å². The minimum Gasteiger partial charge on any atom is -0.480 e. The Morgan fingerprint density at radius 3 is 2.65 bits per heavy atom. The molecular formula is C13H22N2O5. The monoisotopic (exact) mass is 286 g/mol. The van der Waals surface area contributed by atoms with E-state index >= 15 is 0 Å². The van der Waals surface area contributed by atoms with Crippen LogP contribution in [0.15, 0.2) is 0 Å². The van der Waals surface area contributed by atoms with E-state index in [9.17, 15) is 19.8 Å². The highest BCUT2D eigenvalue weighted by Gasteiger charge is 2.37. The Balaban J connectivity index is 2.12. The normalized spacial score (nSPS) is 28.1. The molecule has 114 valence electrons. The van der Waals surface area contributed by atoms with Crippen molar-refractivity contribution in [2.24, 2.45) is 0 Å². The Bertz CT molecular complexity index is 363. The van der Waals surface area contributed by atoms with Crippen LogP contribution in [-0.4, -0.2) is 77.0 Å². The fourth-order valence-corrected chi connectivity index (χ4v) is 2.82. The van der Waals surface area contributed by atoms with Crippen molar-refractivity contribution in [3.8, 4) is 0 Å². The van der Waals surface area contributed by atoms with Crippen molar-refractivity contribution in [2.45, 2.75) is 37.8 Å². The number of aliphatic hydroxyl groups excluding tert-OH is 1. The van der Waals surface area contributed by atoms with Gasteiger partial charge in [-0.25, -0.2) is 9.59 Å². The molecule has 0 saturated carbocycles. The third kappa shape index (κ3) is 3.21. The van der Waals surface area contributed by atoms with E-state index in [2.05, 4.69) is 0 Å². The highest BCUT2D eigenvalue weighted by Crippen LogP contribution is 2.20. The molecule has 20 heavy (non-hydrogen) atoms. The number of urea groups is 1. The van der Waals surface area contributed by atoms with Gasteiger partial charge >= 0.3 is 12.0 Å². The number of carboxylic acids is 1. The molecule has 2 rings (SSSR count). The van der Waals surface area contributed by atoms with Gasteiger partial charge < -0.3 is 24.7 Å². The molecule has 2 aliphatic heterocycles. The van der Waals surface area contributed by atoms with Gasteiger partial charge in [0.05, 0.1) is 25.9 Å². The van der Waals surface area contributed by atoms with Gasteiger partial charge in [0.15, 0.2) is 6.04 Å². The van der Waals surface area contributed by atoms with Crippen molar-refractivity contribution < 1.29 is 24.5 Å². The van der Waals surface area contributed by atoms with Crippen LogP contribution in [-0.2, 0) is 9.53 Å². The van der Waals surface area contributed by atoms with E-state index in [1.807, 2.05) is 0 Å². The van der Waals surface area contributed by atoms with Crippen LogP contribution in [0.25, 0.3) is 0 Å². The molecule has 0 spiro atoms. The minimum atomic E-state index is -1.05. The summed E-state index contributed by atoms with van der Waals surface area (Å²) >= 11 is 0. The number of nitrogens with zero attached hydrogens (tertiary/aromatic N) is 2. The van der Waals surface area contributed by atoms with Crippen LogP contribution < -0.4 is 0 Å². The van der Waals surface area contributed by atoms with Gasteiger partial charge in [0.2, 0.25) is 0 Å². The smallest absolute Gasteiger partial charge is 0.328 e. The number of carbonyl (C=O) groups excluding carboxylic acids is 1. The van der Waals surface area contributed by atoms with Crippen LogP contribution in [0.1, 0.15) is 25.7 Å². The summed E-state index contributed by atoms with van der Waals surface area (Å²) in [5.41, 5.74) is 0. The molecule has 2 amide bonds. The van der Waals surface area contributed by atoms with Crippen LogP contribution in [0.5, 0.6) is 0 Å². The lowest BCUT2D eigenvalue weighted by Crippen LogP contribution is -2.58. The first kappa shape index (κ1) is 15.1. The molecule has 0 aromatic heterocycles. The zero-order chi connectivity index (χ0) is 14.5. The zero-order valence-electron chi connectivity index (χ0n) is 11.5. The standard InChI is InChI=1S/C13H22N2O5/c16-8-10-4-2-1-3-5-14(10)13(19)15-6-7-20-9-11(15)12(17)18/h10-11,16H,1-9H2,(H,17,18). The van der Waals surface area contributed by atoms with E-state index in [4.69, 9.17) is 4.74 Å². The summed E-state index contributed by atoms with van der Waals surface area (Å²) in [5, 5.41) is 18.6. The summed E-state index contributed by atoms with van der Waals surface area (Å²) in [6, 6.07) is -1.43. The Morgan fingerprint density at radius 1 is 1.15 bits per heavy atom. The number of hydrogen-bond acceptors (Lipinski definition) is 4. The second-order valence-corrected chi connectivity index (χ2v) is 5.28. The minimum absolute atomic E-state index is 0.0265. The van der Waals surface area contributed by atoms with Gasteiger partial charge in [-0.15, -0.1) is 0 Å². The van der Waals surface area contributed by atoms with Crippen LogP contribution in [0, 0.1) is 0 Å². The predicted molar refractivity (Wildman–Crippen MR) is 70.4 cm³/mol. The van der Waals surface area contributed by atoms with Gasteiger partial charge in [-0.3, -0.25) is 0 Å². The number of aliphatic carboxylic acids is 1. The number of likely N-dealkylation sites (tertiary alicyclic amines) is 1. The van der Waals surface area contributed by atoms with Gasteiger partial charge in [-0.2, -0.15) is 0 Å². The van der Waals surface area contributed by atoms with Crippen LogP contribution in [0.3, 0.4) is 0 Å². The molecule has 2 heterocycles. The second-order valence-electron chi connectivity index (χ2n) is 5.28. The Labute approximate surface area is 118 Å². The maximum absolute atomic E-state index is 12.6. The van der Waals surface area contributed by atoms with Crippen molar-refractivity contribution in [3.05, 3.63) is 0 Å². The summed E-state index contributed by atoms with van der Waals surface area (Å²) in [6.07, 6.45) is 3.68. The lowest BCUT2D eigenvalue weighted by molar-refractivity contribution is -0.147. The molecule has 0 radical (unpaired) electrons. The van der Waals surface area contributed by atoms with Gasteiger partial charge in [-0.05, 0) is 12.8 Å². The number of ether oxygens (including phenoxy) is 1. The van der Waals surface area contributed by atoms with E-state index in [-0.39, 0.29) is 31.8 Å². The van der Waals surface area contributed by atoms with E-state index < -0.39 is 12.0 Å². The number of morpholine rings is 1. The summed E-state index contributed by atoms with van der Waals surface area (Å²) in [5.74, 6) is -1.05. The largest absolute Gasteiger partial charge is 0.480 e. The van der Waals surface area contributed by atoms with Gasteiger partial charge in [0, 0.05) is 13.1 Å². The predicted octanol–water partition coefficient (Wildman–Crippen LogP) is 0.129. The lowest BCUT2D eigenvalue weighted by atomic mass is 10.1. The first-order valence-corrected chi connectivity index (χ1v) is 7.13. The topological polar surface area (TPSA) is 90.3 Å².